The van der Waals surface area contributed by atoms with Crippen LogP contribution >= 0.6 is 0 Å². The van der Waals surface area contributed by atoms with Gasteiger partial charge in [-0.3, -0.25) is 0 Å². The largest absolute Gasteiger partial charge is 0.414 e. The monoisotopic (exact) mass is 158 g/mol. The molecule has 1 nitrogen and oxygen atoms in total. The maximum atomic E-state index is 5.66. The molecule has 0 spiro atoms. The molecule has 0 aliphatic heterocycles. The zero-order valence-electron chi connectivity index (χ0n) is 7.26. The van der Waals surface area contributed by atoms with E-state index in [-0.39, 0.29) is 0 Å². The fourth-order valence-corrected chi connectivity index (χ4v) is 2.63. The predicted octanol–water partition coefficient (Wildman–Crippen LogP) is 2.27. The van der Waals surface area contributed by atoms with E-state index < -0.39 is 9.04 Å². The highest BCUT2D eigenvalue weighted by molar-refractivity contribution is 6.57. The van der Waals surface area contributed by atoms with E-state index in [4.69, 9.17) is 4.43 Å². The van der Waals surface area contributed by atoms with Crippen LogP contribution in [-0.2, 0) is 4.43 Å². The minimum absolute atomic E-state index is 0.376. The lowest BCUT2D eigenvalue weighted by atomic mass is 10.5. The lowest BCUT2D eigenvalue weighted by molar-refractivity contribution is 0.246. The molecule has 0 heterocycles. The molecule has 0 aromatic heterocycles. The van der Waals surface area contributed by atoms with Gasteiger partial charge in [0.2, 0.25) is 9.04 Å². The Balaban J connectivity index is 3.49. The van der Waals surface area contributed by atoms with Crippen LogP contribution in [0, 0.1) is 0 Å². The minimum Gasteiger partial charge on any atom is -0.414 e. The molecule has 0 saturated carbocycles. The second-order valence-corrected chi connectivity index (χ2v) is 5.15. The van der Waals surface area contributed by atoms with Gasteiger partial charge in [0.1, 0.15) is 0 Å². The van der Waals surface area contributed by atoms with E-state index in [0.29, 0.717) is 6.10 Å². The summed E-state index contributed by atoms with van der Waals surface area (Å²) in [5.74, 6) is 0. The van der Waals surface area contributed by atoms with Crippen LogP contribution in [0.2, 0.25) is 6.04 Å². The molecule has 0 bridgehead atoms. The first kappa shape index (κ1) is 9.92. The van der Waals surface area contributed by atoms with Crippen LogP contribution < -0.4 is 0 Å². The molecule has 0 amide bonds. The third-order valence-electron chi connectivity index (χ3n) is 1.28. The quantitative estimate of drug-likeness (QED) is 0.558. The molecule has 1 unspecified atom stereocenters. The standard InChI is InChI=1S/C8H18OSi/c1-5-7-10(6-2)9-8(3)4/h6,8,10H,2,5,7H2,1,3-4H3. The summed E-state index contributed by atoms with van der Waals surface area (Å²) in [5, 5.41) is 0. The van der Waals surface area contributed by atoms with E-state index >= 15 is 0 Å². The van der Waals surface area contributed by atoms with E-state index in [0.717, 1.165) is 0 Å². The lowest BCUT2D eigenvalue weighted by Gasteiger charge is -2.13. The summed E-state index contributed by atoms with van der Waals surface area (Å²) >= 11 is 0. The van der Waals surface area contributed by atoms with Crippen molar-refractivity contribution in [3.8, 4) is 0 Å². The van der Waals surface area contributed by atoms with Gasteiger partial charge in [-0.05, 0) is 19.9 Å². The smallest absolute Gasteiger partial charge is 0.200 e. The average Bonchev–Trinajstić information content (AvgIpc) is 1.86. The van der Waals surface area contributed by atoms with Crippen LogP contribution in [0.4, 0.5) is 0 Å². The van der Waals surface area contributed by atoms with Crippen LogP contribution in [0.1, 0.15) is 27.2 Å². The van der Waals surface area contributed by atoms with Gasteiger partial charge in [0, 0.05) is 6.10 Å². The molecule has 60 valence electrons. The molecule has 0 aliphatic rings. The summed E-state index contributed by atoms with van der Waals surface area (Å²) in [5.41, 5.74) is 2.02. The van der Waals surface area contributed by atoms with Gasteiger partial charge in [-0.25, -0.2) is 0 Å². The first-order valence-electron chi connectivity index (χ1n) is 3.98. The molecule has 0 fully saturated rings. The number of hydrogen-bond acceptors (Lipinski definition) is 1. The van der Waals surface area contributed by atoms with E-state index in [1.54, 1.807) is 0 Å². The van der Waals surface area contributed by atoms with E-state index in [1.165, 1.54) is 12.5 Å². The topological polar surface area (TPSA) is 9.23 Å². The number of rotatable bonds is 5. The molecule has 10 heavy (non-hydrogen) atoms. The first-order valence-corrected chi connectivity index (χ1v) is 5.94. The van der Waals surface area contributed by atoms with E-state index in [2.05, 4.69) is 27.4 Å². The Kier molecular flexibility index (Phi) is 5.64. The summed E-state index contributed by atoms with van der Waals surface area (Å²) in [6.45, 7) is 10.1. The molecule has 0 rings (SSSR count). The molecule has 0 aromatic rings. The Morgan fingerprint density at radius 1 is 1.60 bits per heavy atom. The van der Waals surface area contributed by atoms with Gasteiger partial charge in [-0.2, -0.15) is 0 Å². The van der Waals surface area contributed by atoms with Gasteiger partial charge in [-0.15, -0.1) is 6.58 Å². The average molecular weight is 158 g/mol. The molecule has 0 N–H and O–H groups in total. The van der Waals surface area contributed by atoms with E-state index in [1.807, 2.05) is 5.70 Å². The first-order chi connectivity index (χ1) is 4.70. The van der Waals surface area contributed by atoms with Crippen molar-refractivity contribution in [3.63, 3.8) is 0 Å². The van der Waals surface area contributed by atoms with Crippen molar-refractivity contribution in [2.75, 3.05) is 0 Å². The van der Waals surface area contributed by atoms with Crippen molar-refractivity contribution < 1.29 is 4.43 Å². The van der Waals surface area contributed by atoms with Gasteiger partial charge in [0.15, 0.2) is 0 Å². The highest BCUT2D eigenvalue weighted by Crippen LogP contribution is 2.02. The normalized spacial score (nSPS) is 13.6. The van der Waals surface area contributed by atoms with Crippen LogP contribution in [0.15, 0.2) is 12.3 Å². The molecule has 0 aliphatic carbocycles. The summed E-state index contributed by atoms with van der Waals surface area (Å²) in [6.07, 6.45) is 1.59. The molecular formula is C8H18OSi. The predicted molar refractivity (Wildman–Crippen MR) is 48.7 cm³/mol. The van der Waals surface area contributed by atoms with Crippen molar-refractivity contribution in [3.05, 3.63) is 12.3 Å². The maximum absolute atomic E-state index is 5.66. The molecule has 2 heteroatoms. The zero-order valence-corrected chi connectivity index (χ0v) is 8.42. The summed E-state index contributed by atoms with van der Waals surface area (Å²) < 4.78 is 5.66. The molecule has 0 aromatic carbocycles. The SMILES string of the molecule is C=C[SiH](CCC)OC(C)C. The van der Waals surface area contributed by atoms with Crippen LogP contribution in [0.25, 0.3) is 0 Å². The third kappa shape index (κ3) is 4.76. The Morgan fingerprint density at radius 2 is 2.20 bits per heavy atom. The fraction of sp³-hybridized carbons (Fsp3) is 0.750. The van der Waals surface area contributed by atoms with Gasteiger partial charge in [0.25, 0.3) is 0 Å². The number of hydrogen-bond donors (Lipinski definition) is 0. The van der Waals surface area contributed by atoms with Gasteiger partial charge < -0.3 is 4.43 Å². The Hall–Kier alpha value is -0.0831. The second-order valence-electron chi connectivity index (χ2n) is 2.75. The highest BCUT2D eigenvalue weighted by atomic mass is 28.3. The van der Waals surface area contributed by atoms with Crippen LogP contribution in [-0.4, -0.2) is 15.1 Å². The van der Waals surface area contributed by atoms with Gasteiger partial charge >= 0.3 is 0 Å². The fourth-order valence-electron chi connectivity index (χ4n) is 0.876. The molecule has 1 atom stereocenters. The Labute approximate surface area is 65.8 Å². The molecular weight excluding hydrogens is 140 g/mol. The summed E-state index contributed by atoms with van der Waals surface area (Å²) in [7, 11) is -1.01. The zero-order chi connectivity index (χ0) is 7.98. The van der Waals surface area contributed by atoms with Gasteiger partial charge in [-0.1, -0.05) is 19.0 Å². The van der Waals surface area contributed by atoms with Crippen molar-refractivity contribution in [1.82, 2.24) is 0 Å². The summed E-state index contributed by atoms with van der Waals surface area (Å²) in [4.78, 5) is 0. The Bertz CT molecular complexity index is 91.3. The van der Waals surface area contributed by atoms with Crippen molar-refractivity contribution in [1.29, 1.82) is 0 Å². The maximum Gasteiger partial charge on any atom is 0.200 e. The van der Waals surface area contributed by atoms with Crippen LogP contribution in [0.5, 0.6) is 0 Å². The summed E-state index contributed by atoms with van der Waals surface area (Å²) in [6, 6.07) is 1.22. The van der Waals surface area contributed by atoms with Crippen molar-refractivity contribution in [2.24, 2.45) is 0 Å². The molecule has 0 radical (unpaired) electrons. The highest BCUT2D eigenvalue weighted by Gasteiger charge is 2.06. The van der Waals surface area contributed by atoms with Crippen molar-refractivity contribution in [2.45, 2.75) is 39.3 Å². The van der Waals surface area contributed by atoms with Crippen molar-refractivity contribution >= 4 is 9.04 Å². The minimum atomic E-state index is -1.01. The van der Waals surface area contributed by atoms with Crippen LogP contribution in [0.3, 0.4) is 0 Å². The lowest BCUT2D eigenvalue weighted by Crippen LogP contribution is -2.19. The van der Waals surface area contributed by atoms with Gasteiger partial charge in [0.05, 0.1) is 0 Å². The third-order valence-corrected chi connectivity index (χ3v) is 3.85. The second kappa shape index (κ2) is 5.68. The Morgan fingerprint density at radius 3 is 2.50 bits per heavy atom. The van der Waals surface area contributed by atoms with E-state index in [9.17, 15) is 0 Å². The molecule has 0 saturated heterocycles.